The van der Waals surface area contributed by atoms with Crippen LogP contribution in [0, 0.1) is 13.8 Å². The van der Waals surface area contributed by atoms with E-state index in [2.05, 4.69) is 10.4 Å². The van der Waals surface area contributed by atoms with Crippen LogP contribution in [-0.4, -0.2) is 33.3 Å². The maximum atomic E-state index is 11.9. The molecule has 1 amide bonds. The molecule has 0 radical (unpaired) electrons. The fraction of sp³-hybridized carbons (Fsp3) is 0.278. The van der Waals surface area contributed by atoms with Crippen LogP contribution in [0.1, 0.15) is 32.9 Å². The molecule has 1 aromatic heterocycles. The molecule has 0 spiro atoms. The van der Waals surface area contributed by atoms with E-state index >= 15 is 0 Å². The van der Waals surface area contributed by atoms with Crippen LogP contribution in [0.4, 0.5) is 0 Å². The van der Waals surface area contributed by atoms with Gasteiger partial charge in [-0.1, -0.05) is 12.1 Å². The molecule has 24 heavy (non-hydrogen) atoms. The first-order valence-corrected chi connectivity index (χ1v) is 7.67. The number of aromatic nitrogens is 2. The molecule has 6 nitrogen and oxygen atoms in total. The summed E-state index contributed by atoms with van der Waals surface area (Å²) in [6.45, 7) is 4.35. The van der Waals surface area contributed by atoms with Gasteiger partial charge in [0.15, 0.2) is 0 Å². The molecular weight excluding hydrogens is 306 g/mol. The Kier molecular flexibility index (Phi) is 5.52. The van der Waals surface area contributed by atoms with Gasteiger partial charge in [0.05, 0.1) is 11.3 Å². The van der Waals surface area contributed by atoms with Crippen molar-refractivity contribution in [3.8, 4) is 0 Å². The van der Waals surface area contributed by atoms with E-state index in [9.17, 15) is 9.59 Å². The third-order valence-electron chi connectivity index (χ3n) is 3.88. The van der Waals surface area contributed by atoms with Gasteiger partial charge in [-0.05, 0) is 44.0 Å². The molecule has 1 heterocycles. The average Bonchev–Trinajstić information content (AvgIpc) is 2.78. The standard InChI is InChI=1S/C18H21N3O3/c1-12-16(13(2)21(3)20-12)8-9-17(22)19-11-10-14-4-6-15(7-5-14)18(23)24/h4-9H,10-11H2,1-3H3,(H,19,22)(H,23,24). The number of carbonyl (C=O) groups is 2. The monoisotopic (exact) mass is 327 g/mol. The molecule has 6 heteroatoms. The predicted molar refractivity (Wildman–Crippen MR) is 91.8 cm³/mol. The molecule has 0 aliphatic carbocycles. The first-order valence-electron chi connectivity index (χ1n) is 7.67. The number of carboxylic acid groups (broad SMARTS) is 1. The number of aromatic carboxylic acids is 1. The Labute approximate surface area is 140 Å². The topological polar surface area (TPSA) is 84.2 Å². The van der Waals surface area contributed by atoms with Crippen molar-refractivity contribution in [2.24, 2.45) is 7.05 Å². The fourth-order valence-corrected chi connectivity index (χ4v) is 2.39. The van der Waals surface area contributed by atoms with Crippen LogP contribution < -0.4 is 5.32 Å². The summed E-state index contributed by atoms with van der Waals surface area (Å²) in [5.41, 5.74) is 4.08. The summed E-state index contributed by atoms with van der Waals surface area (Å²) in [5.74, 6) is -1.11. The number of hydrogen-bond donors (Lipinski definition) is 2. The number of benzene rings is 1. The number of hydrogen-bond acceptors (Lipinski definition) is 3. The number of carboxylic acids is 1. The molecule has 0 saturated heterocycles. The van der Waals surface area contributed by atoms with Crippen LogP contribution in [0.25, 0.3) is 6.08 Å². The number of rotatable bonds is 6. The SMILES string of the molecule is Cc1nn(C)c(C)c1C=CC(=O)NCCc1ccc(C(=O)O)cc1. The minimum atomic E-state index is -0.944. The second-order valence-electron chi connectivity index (χ2n) is 5.58. The predicted octanol–water partition coefficient (Wildman–Crippen LogP) is 2.11. The number of nitrogens with zero attached hydrogens (tertiary/aromatic N) is 2. The van der Waals surface area contributed by atoms with E-state index in [-0.39, 0.29) is 11.5 Å². The third-order valence-corrected chi connectivity index (χ3v) is 3.88. The van der Waals surface area contributed by atoms with Crippen molar-refractivity contribution in [3.63, 3.8) is 0 Å². The summed E-state index contributed by atoms with van der Waals surface area (Å²) in [5, 5.41) is 16.0. The Morgan fingerprint density at radius 3 is 2.46 bits per heavy atom. The van der Waals surface area contributed by atoms with Crippen molar-refractivity contribution >= 4 is 18.0 Å². The lowest BCUT2D eigenvalue weighted by Crippen LogP contribution is -2.23. The van der Waals surface area contributed by atoms with Crippen LogP contribution >= 0.6 is 0 Å². The molecule has 0 atom stereocenters. The van der Waals surface area contributed by atoms with E-state index in [1.165, 1.54) is 6.08 Å². The lowest BCUT2D eigenvalue weighted by Gasteiger charge is -2.03. The minimum absolute atomic E-state index is 0.167. The van der Waals surface area contributed by atoms with Crippen LogP contribution in [0.5, 0.6) is 0 Å². The van der Waals surface area contributed by atoms with Crippen molar-refractivity contribution in [1.82, 2.24) is 15.1 Å². The van der Waals surface area contributed by atoms with Gasteiger partial charge in [0.25, 0.3) is 0 Å². The summed E-state index contributed by atoms with van der Waals surface area (Å²) in [4.78, 5) is 22.7. The molecule has 2 rings (SSSR count). The zero-order chi connectivity index (χ0) is 17.7. The van der Waals surface area contributed by atoms with Gasteiger partial charge in [-0.2, -0.15) is 5.10 Å². The van der Waals surface area contributed by atoms with Crippen LogP contribution in [0.15, 0.2) is 30.3 Å². The van der Waals surface area contributed by atoms with E-state index < -0.39 is 5.97 Å². The van der Waals surface area contributed by atoms with E-state index in [0.717, 1.165) is 22.5 Å². The Hall–Kier alpha value is -2.89. The smallest absolute Gasteiger partial charge is 0.335 e. The van der Waals surface area contributed by atoms with Gasteiger partial charge in [0.2, 0.25) is 5.91 Å². The highest BCUT2D eigenvalue weighted by molar-refractivity contribution is 5.92. The van der Waals surface area contributed by atoms with Crippen LogP contribution in [-0.2, 0) is 18.3 Å². The zero-order valence-corrected chi connectivity index (χ0v) is 14.0. The van der Waals surface area contributed by atoms with Gasteiger partial charge in [-0.15, -0.1) is 0 Å². The van der Waals surface area contributed by atoms with Gasteiger partial charge >= 0.3 is 5.97 Å². The van der Waals surface area contributed by atoms with Crippen molar-refractivity contribution in [1.29, 1.82) is 0 Å². The van der Waals surface area contributed by atoms with Crippen molar-refractivity contribution in [2.45, 2.75) is 20.3 Å². The summed E-state index contributed by atoms with van der Waals surface area (Å²) >= 11 is 0. The highest BCUT2D eigenvalue weighted by atomic mass is 16.4. The van der Waals surface area contributed by atoms with Crippen LogP contribution in [0.2, 0.25) is 0 Å². The van der Waals surface area contributed by atoms with Crippen molar-refractivity contribution < 1.29 is 14.7 Å². The highest BCUT2D eigenvalue weighted by Gasteiger charge is 2.06. The van der Waals surface area contributed by atoms with Gasteiger partial charge in [-0.25, -0.2) is 4.79 Å². The normalized spacial score (nSPS) is 11.0. The Balaban J connectivity index is 1.85. The van der Waals surface area contributed by atoms with Crippen molar-refractivity contribution in [3.05, 3.63) is 58.4 Å². The summed E-state index contributed by atoms with van der Waals surface area (Å²) < 4.78 is 1.79. The summed E-state index contributed by atoms with van der Waals surface area (Å²) in [6.07, 6.45) is 3.92. The molecule has 126 valence electrons. The van der Waals surface area contributed by atoms with Gasteiger partial charge in [0.1, 0.15) is 0 Å². The molecule has 1 aromatic carbocycles. The van der Waals surface area contributed by atoms with Gasteiger partial charge in [0, 0.05) is 30.9 Å². The molecular formula is C18H21N3O3. The van der Waals surface area contributed by atoms with Crippen molar-refractivity contribution in [2.75, 3.05) is 6.54 Å². The number of nitrogens with one attached hydrogen (secondary N) is 1. The van der Waals surface area contributed by atoms with Crippen LogP contribution in [0.3, 0.4) is 0 Å². The Morgan fingerprint density at radius 2 is 1.92 bits per heavy atom. The highest BCUT2D eigenvalue weighted by Crippen LogP contribution is 2.13. The fourth-order valence-electron chi connectivity index (χ4n) is 2.39. The second kappa shape index (κ2) is 7.59. The van der Waals surface area contributed by atoms with E-state index in [1.807, 2.05) is 20.9 Å². The molecule has 2 N–H and O–H groups in total. The molecule has 0 aliphatic rings. The number of aryl methyl sites for hydroxylation is 2. The maximum absolute atomic E-state index is 11.9. The van der Waals surface area contributed by atoms with Gasteiger partial charge in [-0.3, -0.25) is 9.48 Å². The lowest BCUT2D eigenvalue weighted by atomic mass is 10.1. The van der Waals surface area contributed by atoms with E-state index in [0.29, 0.717) is 13.0 Å². The minimum Gasteiger partial charge on any atom is -0.478 e. The molecule has 0 fully saturated rings. The first-order chi connectivity index (χ1) is 11.4. The first kappa shape index (κ1) is 17.5. The second-order valence-corrected chi connectivity index (χ2v) is 5.58. The molecule has 0 aliphatic heterocycles. The molecule has 0 bridgehead atoms. The van der Waals surface area contributed by atoms with Gasteiger partial charge < -0.3 is 10.4 Å². The maximum Gasteiger partial charge on any atom is 0.335 e. The Bertz CT molecular complexity index is 774. The largest absolute Gasteiger partial charge is 0.478 e. The molecule has 0 unspecified atom stereocenters. The summed E-state index contributed by atoms with van der Waals surface area (Å²) in [7, 11) is 1.87. The molecule has 2 aromatic rings. The molecule has 0 saturated carbocycles. The average molecular weight is 327 g/mol. The van der Waals surface area contributed by atoms with E-state index in [1.54, 1.807) is 35.0 Å². The summed E-state index contributed by atoms with van der Waals surface area (Å²) in [6, 6.07) is 6.64. The van der Waals surface area contributed by atoms with E-state index in [4.69, 9.17) is 5.11 Å². The third kappa shape index (κ3) is 4.32. The zero-order valence-electron chi connectivity index (χ0n) is 14.0. The number of amides is 1. The number of carbonyl (C=O) groups excluding carboxylic acids is 1. The quantitative estimate of drug-likeness (QED) is 0.796. The Morgan fingerprint density at radius 1 is 1.25 bits per heavy atom. The lowest BCUT2D eigenvalue weighted by molar-refractivity contribution is -0.116.